The van der Waals surface area contributed by atoms with Gasteiger partial charge in [0, 0.05) is 39.0 Å². The van der Waals surface area contributed by atoms with Gasteiger partial charge in [0.05, 0.1) is 18.0 Å². The molecule has 4 heteroatoms. The number of aromatic amines is 1. The molecule has 2 aromatic heterocycles. The lowest BCUT2D eigenvalue weighted by Crippen LogP contribution is -2.01. The van der Waals surface area contributed by atoms with E-state index in [-0.39, 0.29) is 0 Å². The molecule has 0 saturated carbocycles. The number of imidazole rings is 1. The van der Waals surface area contributed by atoms with E-state index in [1.165, 1.54) is 0 Å². The highest BCUT2D eigenvalue weighted by Gasteiger charge is 2.25. The third kappa shape index (κ3) is 3.77. The molecule has 0 unspecified atom stereocenters. The normalized spacial score (nSPS) is 11.2. The van der Waals surface area contributed by atoms with Crippen molar-refractivity contribution in [3.63, 3.8) is 0 Å². The van der Waals surface area contributed by atoms with Crippen LogP contribution in [0.1, 0.15) is 12.6 Å². The Morgan fingerprint density at radius 3 is 2.08 bits per heavy atom. The van der Waals surface area contributed by atoms with Crippen molar-refractivity contribution in [1.82, 2.24) is 14.5 Å². The largest absolute Gasteiger partial charge is 0.494 e. The van der Waals surface area contributed by atoms with Crippen molar-refractivity contribution < 1.29 is 4.74 Å². The number of nitrogens with zero attached hydrogens (tertiary/aromatic N) is 2. The minimum atomic E-state index is 0.637. The van der Waals surface area contributed by atoms with Crippen molar-refractivity contribution in [2.75, 3.05) is 6.61 Å². The zero-order chi connectivity index (χ0) is 24.5. The summed E-state index contributed by atoms with van der Waals surface area (Å²) in [5.74, 6) is 1.77. The Bertz CT molecular complexity index is 1630. The lowest BCUT2D eigenvalue weighted by atomic mass is 10.0. The van der Waals surface area contributed by atoms with Crippen LogP contribution in [-0.2, 0) is 0 Å². The summed E-state index contributed by atoms with van der Waals surface area (Å²) in [6, 6.07) is 37.7. The molecule has 0 spiro atoms. The molecular formula is C32H27N3O. The SMILES string of the molecule is CCOc1ccc(-n2c(-c3c(C)[nH]c4ccccc34)nc(-c3ccccc3)c2-c2ccccc2)cc1. The molecule has 0 fully saturated rings. The summed E-state index contributed by atoms with van der Waals surface area (Å²) < 4.78 is 8.02. The number of para-hydroxylation sites is 1. The molecule has 4 nitrogen and oxygen atoms in total. The highest BCUT2D eigenvalue weighted by atomic mass is 16.5. The first-order valence-corrected chi connectivity index (χ1v) is 12.3. The van der Waals surface area contributed by atoms with Crippen LogP contribution in [0.15, 0.2) is 109 Å². The van der Waals surface area contributed by atoms with E-state index in [0.717, 1.165) is 61.9 Å². The Hall–Kier alpha value is -4.57. The van der Waals surface area contributed by atoms with E-state index in [9.17, 15) is 0 Å². The van der Waals surface area contributed by atoms with Gasteiger partial charge in [-0.25, -0.2) is 4.98 Å². The summed E-state index contributed by atoms with van der Waals surface area (Å²) in [5.41, 5.74) is 8.55. The number of aryl methyl sites for hydroxylation is 1. The van der Waals surface area contributed by atoms with Crippen LogP contribution in [0.25, 0.3) is 50.5 Å². The van der Waals surface area contributed by atoms with Crippen molar-refractivity contribution in [2.45, 2.75) is 13.8 Å². The van der Waals surface area contributed by atoms with Crippen LogP contribution in [0.3, 0.4) is 0 Å². The zero-order valence-corrected chi connectivity index (χ0v) is 20.4. The predicted molar refractivity (Wildman–Crippen MR) is 148 cm³/mol. The number of hydrogen-bond acceptors (Lipinski definition) is 2. The van der Waals surface area contributed by atoms with Gasteiger partial charge in [-0.3, -0.25) is 4.57 Å². The number of aromatic nitrogens is 3. The fraction of sp³-hybridized carbons (Fsp3) is 0.0938. The molecule has 36 heavy (non-hydrogen) atoms. The lowest BCUT2D eigenvalue weighted by molar-refractivity contribution is 0.340. The van der Waals surface area contributed by atoms with Gasteiger partial charge in [0.1, 0.15) is 11.6 Å². The van der Waals surface area contributed by atoms with Crippen molar-refractivity contribution in [3.8, 4) is 45.3 Å². The first kappa shape index (κ1) is 21.9. The molecule has 6 rings (SSSR count). The first-order valence-electron chi connectivity index (χ1n) is 12.3. The second kappa shape index (κ2) is 9.23. The van der Waals surface area contributed by atoms with Crippen LogP contribution in [0.2, 0.25) is 0 Å². The van der Waals surface area contributed by atoms with Gasteiger partial charge in [0.2, 0.25) is 0 Å². The maximum atomic E-state index is 5.74. The second-order valence-electron chi connectivity index (χ2n) is 8.80. The van der Waals surface area contributed by atoms with Crippen molar-refractivity contribution >= 4 is 10.9 Å². The van der Waals surface area contributed by atoms with Crippen LogP contribution in [0.4, 0.5) is 0 Å². The van der Waals surface area contributed by atoms with Crippen LogP contribution < -0.4 is 4.74 Å². The third-order valence-electron chi connectivity index (χ3n) is 6.49. The Morgan fingerprint density at radius 2 is 1.39 bits per heavy atom. The molecule has 0 aliphatic rings. The maximum Gasteiger partial charge on any atom is 0.148 e. The second-order valence-corrected chi connectivity index (χ2v) is 8.80. The number of nitrogens with one attached hydrogen (secondary N) is 1. The number of benzene rings is 4. The van der Waals surface area contributed by atoms with E-state index in [0.29, 0.717) is 6.61 Å². The lowest BCUT2D eigenvalue weighted by Gasteiger charge is -2.14. The Kier molecular flexibility index (Phi) is 5.62. The van der Waals surface area contributed by atoms with Crippen LogP contribution in [-0.4, -0.2) is 21.1 Å². The number of ether oxygens (including phenoxy) is 1. The summed E-state index contributed by atoms with van der Waals surface area (Å²) in [4.78, 5) is 8.92. The van der Waals surface area contributed by atoms with E-state index in [2.05, 4.69) is 101 Å². The van der Waals surface area contributed by atoms with E-state index in [4.69, 9.17) is 9.72 Å². The van der Waals surface area contributed by atoms with E-state index >= 15 is 0 Å². The Labute approximate surface area is 210 Å². The molecule has 0 saturated heterocycles. The molecule has 0 aliphatic carbocycles. The van der Waals surface area contributed by atoms with Crippen molar-refractivity contribution in [1.29, 1.82) is 0 Å². The number of rotatable bonds is 6. The quantitative estimate of drug-likeness (QED) is 0.268. The first-order chi connectivity index (χ1) is 17.7. The number of H-pyrrole nitrogens is 1. The standard InChI is InChI=1S/C32H27N3O/c1-3-36-26-20-18-25(19-21-26)35-31(24-14-8-5-9-15-24)30(23-12-6-4-7-13-23)34-32(35)29-22(2)33-28-17-11-10-16-27(28)29/h4-21,33H,3H2,1-2H3. The highest BCUT2D eigenvalue weighted by Crippen LogP contribution is 2.41. The zero-order valence-electron chi connectivity index (χ0n) is 20.4. The van der Waals surface area contributed by atoms with Crippen LogP contribution in [0.5, 0.6) is 5.75 Å². The number of fused-ring (bicyclic) bond motifs is 1. The summed E-state index contributed by atoms with van der Waals surface area (Å²) in [6.45, 7) is 4.76. The molecule has 0 atom stereocenters. The van der Waals surface area contributed by atoms with Gasteiger partial charge in [-0.2, -0.15) is 0 Å². The van der Waals surface area contributed by atoms with Crippen molar-refractivity contribution in [3.05, 3.63) is 115 Å². The summed E-state index contributed by atoms with van der Waals surface area (Å²) in [7, 11) is 0. The van der Waals surface area contributed by atoms with Gasteiger partial charge in [0.15, 0.2) is 0 Å². The fourth-order valence-electron chi connectivity index (χ4n) is 4.92. The molecule has 6 aromatic rings. The average molecular weight is 470 g/mol. The highest BCUT2D eigenvalue weighted by molar-refractivity contribution is 5.98. The smallest absolute Gasteiger partial charge is 0.148 e. The van der Waals surface area contributed by atoms with Gasteiger partial charge in [-0.15, -0.1) is 0 Å². The maximum absolute atomic E-state index is 5.74. The third-order valence-corrected chi connectivity index (χ3v) is 6.49. The molecule has 0 radical (unpaired) electrons. The molecule has 176 valence electrons. The molecule has 4 aromatic carbocycles. The molecule has 1 N–H and O–H groups in total. The molecule has 0 amide bonds. The summed E-state index contributed by atoms with van der Waals surface area (Å²) in [5, 5.41) is 1.16. The van der Waals surface area contributed by atoms with Crippen molar-refractivity contribution in [2.24, 2.45) is 0 Å². The summed E-state index contributed by atoms with van der Waals surface area (Å²) in [6.07, 6.45) is 0. The molecule has 0 bridgehead atoms. The van der Waals surface area contributed by atoms with Crippen LogP contribution in [0, 0.1) is 6.92 Å². The van der Waals surface area contributed by atoms with E-state index in [1.807, 2.05) is 31.2 Å². The van der Waals surface area contributed by atoms with Gasteiger partial charge in [-0.1, -0.05) is 78.9 Å². The fourth-order valence-corrected chi connectivity index (χ4v) is 4.92. The molecule has 2 heterocycles. The Balaban J connectivity index is 1.72. The monoisotopic (exact) mass is 469 g/mol. The predicted octanol–water partition coefficient (Wildman–Crippen LogP) is 8.06. The topological polar surface area (TPSA) is 42.8 Å². The van der Waals surface area contributed by atoms with Gasteiger partial charge >= 0.3 is 0 Å². The Morgan fingerprint density at radius 1 is 0.750 bits per heavy atom. The summed E-state index contributed by atoms with van der Waals surface area (Å²) >= 11 is 0. The van der Waals surface area contributed by atoms with E-state index in [1.54, 1.807) is 0 Å². The van der Waals surface area contributed by atoms with Gasteiger partial charge in [-0.05, 0) is 44.2 Å². The minimum absolute atomic E-state index is 0.637. The number of hydrogen-bond donors (Lipinski definition) is 1. The van der Waals surface area contributed by atoms with Gasteiger partial charge < -0.3 is 9.72 Å². The average Bonchev–Trinajstić information content (AvgIpc) is 3.47. The minimum Gasteiger partial charge on any atom is -0.494 e. The molecular weight excluding hydrogens is 442 g/mol. The molecule has 0 aliphatic heterocycles. The van der Waals surface area contributed by atoms with Gasteiger partial charge in [0.25, 0.3) is 0 Å². The van der Waals surface area contributed by atoms with Crippen LogP contribution >= 0.6 is 0 Å². The van der Waals surface area contributed by atoms with E-state index < -0.39 is 0 Å².